The number of rotatable bonds is 2. The smallest absolute Gasteiger partial charge is 0.191 e. The minimum absolute atomic E-state index is 0.372. The van der Waals surface area contributed by atoms with Crippen LogP contribution >= 0.6 is 50.7 Å². The van der Waals surface area contributed by atoms with Crippen molar-refractivity contribution < 1.29 is 4.74 Å². The Morgan fingerprint density at radius 1 is 1.25 bits per heavy atom. The van der Waals surface area contributed by atoms with Gasteiger partial charge in [0.25, 0.3) is 0 Å². The van der Waals surface area contributed by atoms with E-state index in [9.17, 15) is 0 Å². The molecule has 0 aromatic carbocycles. The van der Waals surface area contributed by atoms with E-state index < -0.39 is 3.79 Å². The molecular formula is C7H10BrCl3O. The van der Waals surface area contributed by atoms with Crippen molar-refractivity contribution in [3.05, 3.63) is 0 Å². The Hall–Kier alpha value is 1.31. The zero-order valence-corrected chi connectivity index (χ0v) is 10.3. The first kappa shape index (κ1) is 11.4. The fourth-order valence-corrected chi connectivity index (χ4v) is 2.65. The highest BCUT2D eigenvalue weighted by Crippen LogP contribution is 2.38. The maximum Gasteiger partial charge on any atom is 0.191 e. The lowest BCUT2D eigenvalue weighted by molar-refractivity contribution is 0.181. The Labute approximate surface area is 95.8 Å². The van der Waals surface area contributed by atoms with Crippen LogP contribution in [0.2, 0.25) is 0 Å². The lowest BCUT2D eigenvalue weighted by Gasteiger charge is -2.19. The first-order valence-corrected chi connectivity index (χ1v) is 5.99. The van der Waals surface area contributed by atoms with Crippen LogP contribution in [0.4, 0.5) is 0 Å². The molecule has 0 aromatic rings. The number of alkyl halides is 4. The van der Waals surface area contributed by atoms with Crippen molar-refractivity contribution in [2.24, 2.45) is 11.8 Å². The van der Waals surface area contributed by atoms with Gasteiger partial charge in [0, 0.05) is 11.9 Å². The van der Waals surface area contributed by atoms with E-state index in [0.717, 1.165) is 11.9 Å². The molecule has 0 aromatic heterocycles. The zero-order valence-electron chi connectivity index (χ0n) is 6.40. The second-order valence-corrected chi connectivity index (χ2v) is 6.19. The monoisotopic (exact) mass is 294 g/mol. The summed E-state index contributed by atoms with van der Waals surface area (Å²) in [4.78, 5) is 0. The average Bonchev–Trinajstić information content (AvgIpc) is 2.31. The van der Waals surface area contributed by atoms with Gasteiger partial charge in [-0.05, 0) is 18.3 Å². The van der Waals surface area contributed by atoms with Crippen LogP contribution in [0.5, 0.6) is 0 Å². The second kappa shape index (κ2) is 4.70. The van der Waals surface area contributed by atoms with Crippen molar-refractivity contribution in [3.8, 4) is 0 Å². The summed E-state index contributed by atoms with van der Waals surface area (Å²) in [6.07, 6.45) is 0.577. The van der Waals surface area contributed by atoms with Gasteiger partial charge >= 0.3 is 0 Å². The summed E-state index contributed by atoms with van der Waals surface area (Å²) in [5.74, 6) is 0.859. The van der Waals surface area contributed by atoms with Gasteiger partial charge in [0.1, 0.15) is 0 Å². The molecule has 0 saturated carbocycles. The first-order valence-electron chi connectivity index (χ1n) is 3.73. The highest BCUT2D eigenvalue weighted by molar-refractivity contribution is 9.09. The molecule has 1 heterocycles. The van der Waals surface area contributed by atoms with Gasteiger partial charge in [-0.15, -0.1) is 0 Å². The Bertz CT molecular complexity index is 148. The van der Waals surface area contributed by atoms with Gasteiger partial charge < -0.3 is 4.74 Å². The van der Waals surface area contributed by atoms with E-state index in [1.54, 1.807) is 0 Å². The second-order valence-electron chi connectivity index (χ2n) is 3.03. The van der Waals surface area contributed by atoms with Gasteiger partial charge in [-0.2, -0.15) is 0 Å². The lowest BCUT2D eigenvalue weighted by atomic mass is 9.95. The van der Waals surface area contributed by atoms with Crippen molar-refractivity contribution in [1.82, 2.24) is 0 Å². The minimum Gasteiger partial charge on any atom is -0.381 e. The number of hydrogen-bond donors (Lipinski definition) is 0. The summed E-state index contributed by atoms with van der Waals surface area (Å²) >= 11 is 20.5. The number of halogens is 4. The molecule has 1 rings (SSSR count). The molecule has 5 heteroatoms. The molecule has 12 heavy (non-hydrogen) atoms. The third-order valence-electron chi connectivity index (χ3n) is 2.02. The molecule has 0 amide bonds. The van der Waals surface area contributed by atoms with Crippen molar-refractivity contribution in [3.63, 3.8) is 0 Å². The number of ether oxygens (including phenoxy) is 1. The maximum absolute atomic E-state index is 5.70. The normalized spacial score (nSPS) is 31.0. The quantitative estimate of drug-likeness (QED) is 0.710. The van der Waals surface area contributed by atoms with E-state index >= 15 is 0 Å². The van der Waals surface area contributed by atoms with Crippen LogP contribution in [0, 0.1) is 11.8 Å². The SMILES string of the molecule is ClC(Cl)(Cl)C[C@@H]1COC[C@H]1CBr. The topological polar surface area (TPSA) is 9.23 Å². The van der Waals surface area contributed by atoms with E-state index in [1.807, 2.05) is 0 Å². The predicted molar refractivity (Wildman–Crippen MR) is 56.5 cm³/mol. The van der Waals surface area contributed by atoms with E-state index in [1.165, 1.54) is 0 Å². The lowest BCUT2D eigenvalue weighted by Crippen LogP contribution is -2.19. The van der Waals surface area contributed by atoms with Gasteiger partial charge in [0.15, 0.2) is 3.79 Å². The maximum atomic E-state index is 5.70. The molecule has 1 aliphatic rings. The van der Waals surface area contributed by atoms with E-state index in [2.05, 4.69) is 15.9 Å². The summed E-state index contributed by atoms with van der Waals surface area (Å²) in [5.41, 5.74) is 0. The third kappa shape index (κ3) is 3.59. The predicted octanol–water partition coefficient (Wildman–Crippen LogP) is 3.40. The Morgan fingerprint density at radius 2 is 1.83 bits per heavy atom. The summed E-state index contributed by atoms with van der Waals surface area (Å²) < 4.78 is 4.16. The summed E-state index contributed by atoms with van der Waals surface area (Å²) in [5, 5.41) is 0.915. The standard InChI is InChI=1S/C7H10BrCl3O/c8-2-6-4-12-3-5(6)1-7(9,10)11/h5-6H,1-4H2/t5-,6-/m1/s1. The van der Waals surface area contributed by atoms with Crippen LogP contribution in [-0.2, 0) is 4.74 Å². The molecule has 0 radical (unpaired) electrons. The van der Waals surface area contributed by atoms with Crippen LogP contribution in [0.1, 0.15) is 6.42 Å². The highest BCUT2D eigenvalue weighted by Gasteiger charge is 2.34. The summed E-state index contributed by atoms with van der Waals surface area (Å²) in [6.45, 7) is 1.49. The van der Waals surface area contributed by atoms with Crippen LogP contribution in [-0.4, -0.2) is 22.3 Å². The summed E-state index contributed by atoms with van der Waals surface area (Å²) in [7, 11) is 0. The Balaban J connectivity index is 2.41. The highest BCUT2D eigenvalue weighted by atomic mass is 79.9. The molecule has 0 spiro atoms. The largest absolute Gasteiger partial charge is 0.381 e. The molecule has 0 bridgehead atoms. The Kier molecular flexibility index (Phi) is 4.46. The molecule has 0 N–H and O–H groups in total. The van der Waals surface area contributed by atoms with Crippen LogP contribution in [0.3, 0.4) is 0 Å². The fraction of sp³-hybridized carbons (Fsp3) is 1.00. The average molecular weight is 296 g/mol. The van der Waals surface area contributed by atoms with Gasteiger partial charge in [-0.25, -0.2) is 0 Å². The third-order valence-corrected chi connectivity index (χ3v) is 3.32. The van der Waals surface area contributed by atoms with Gasteiger partial charge in [-0.3, -0.25) is 0 Å². The molecule has 2 atom stereocenters. The first-order chi connectivity index (χ1) is 5.53. The fourth-order valence-electron chi connectivity index (χ4n) is 1.34. The van der Waals surface area contributed by atoms with Gasteiger partial charge in [0.05, 0.1) is 6.61 Å². The van der Waals surface area contributed by atoms with Crippen molar-refractivity contribution >= 4 is 50.7 Å². The van der Waals surface area contributed by atoms with Gasteiger partial charge in [0.2, 0.25) is 0 Å². The molecule has 1 aliphatic heterocycles. The Morgan fingerprint density at radius 3 is 2.33 bits per heavy atom. The van der Waals surface area contributed by atoms with Crippen molar-refractivity contribution in [1.29, 1.82) is 0 Å². The molecule has 1 saturated heterocycles. The molecule has 0 unspecified atom stereocenters. The van der Waals surface area contributed by atoms with E-state index in [4.69, 9.17) is 39.5 Å². The van der Waals surface area contributed by atoms with E-state index in [0.29, 0.717) is 24.9 Å². The molecule has 1 fully saturated rings. The summed E-state index contributed by atoms with van der Waals surface area (Å²) in [6, 6.07) is 0. The van der Waals surface area contributed by atoms with Gasteiger partial charge in [-0.1, -0.05) is 50.7 Å². The molecular weight excluding hydrogens is 286 g/mol. The van der Waals surface area contributed by atoms with Crippen LogP contribution in [0.15, 0.2) is 0 Å². The minimum atomic E-state index is -1.14. The molecule has 1 nitrogen and oxygen atoms in total. The number of hydrogen-bond acceptors (Lipinski definition) is 1. The molecule has 0 aliphatic carbocycles. The molecule has 72 valence electrons. The van der Waals surface area contributed by atoms with Crippen molar-refractivity contribution in [2.75, 3.05) is 18.5 Å². The van der Waals surface area contributed by atoms with E-state index in [-0.39, 0.29) is 0 Å². The zero-order chi connectivity index (χ0) is 9.19. The van der Waals surface area contributed by atoms with Crippen molar-refractivity contribution in [2.45, 2.75) is 10.2 Å². The van der Waals surface area contributed by atoms with Crippen LogP contribution in [0.25, 0.3) is 0 Å². The van der Waals surface area contributed by atoms with Crippen LogP contribution < -0.4 is 0 Å².